The molecule has 0 amide bonds. The van der Waals surface area contributed by atoms with Gasteiger partial charge in [0, 0.05) is 17.8 Å². The van der Waals surface area contributed by atoms with Crippen LogP contribution < -0.4 is 4.74 Å². The van der Waals surface area contributed by atoms with Crippen molar-refractivity contribution < 1.29 is 9.13 Å². The molecule has 0 aromatic carbocycles. The molecular formula is C10H14FNO. The van der Waals surface area contributed by atoms with Gasteiger partial charge in [-0.3, -0.25) is 0 Å². The number of nitrogens with zero attached hydrogens (tertiary/aromatic N) is 1. The summed E-state index contributed by atoms with van der Waals surface area (Å²) in [5.41, 5.74) is 0.386. The lowest BCUT2D eigenvalue weighted by Gasteiger charge is -2.19. The molecule has 13 heavy (non-hydrogen) atoms. The van der Waals surface area contributed by atoms with E-state index in [1.165, 1.54) is 19.4 Å². The van der Waals surface area contributed by atoms with Crippen LogP contribution in [0.3, 0.4) is 0 Å². The van der Waals surface area contributed by atoms with Crippen molar-refractivity contribution in [3.63, 3.8) is 0 Å². The molecule has 0 saturated heterocycles. The van der Waals surface area contributed by atoms with E-state index in [9.17, 15) is 4.39 Å². The Bertz CT molecular complexity index is 304. The van der Waals surface area contributed by atoms with Gasteiger partial charge in [-0.2, -0.15) is 0 Å². The number of pyridine rings is 1. The molecule has 0 spiro atoms. The molecule has 2 nitrogen and oxygen atoms in total. The summed E-state index contributed by atoms with van der Waals surface area (Å²) in [6.45, 7) is 5.83. The van der Waals surface area contributed by atoms with Crippen LogP contribution in [-0.2, 0) is 5.41 Å². The van der Waals surface area contributed by atoms with Crippen molar-refractivity contribution in [2.45, 2.75) is 26.2 Å². The summed E-state index contributed by atoms with van der Waals surface area (Å²) in [6, 6.07) is 1.31. The second-order valence-corrected chi connectivity index (χ2v) is 3.96. The van der Waals surface area contributed by atoms with Crippen molar-refractivity contribution in [1.82, 2.24) is 4.98 Å². The third kappa shape index (κ3) is 2.17. The number of hydrogen-bond acceptors (Lipinski definition) is 2. The molecule has 0 bridgehead atoms. The summed E-state index contributed by atoms with van der Waals surface area (Å²) in [5.74, 6) is 0.0462. The Kier molecular flexibility index (Phi) is 2.55. The Morgan fingerprint density at radius 2 is 2.00 bits per heavy atom. The number of halogens is 1. The van der Waals surface area contributed by atoms with E-state index in [0.29, 0.717) is 11.4 Å². The highest BCUT2D eigenvalue weighted by atomic mass is 19.1. The largest absolute Gasteiger partial charge is 0.481 e. The van der Waals surface area contributed by atoms with E-state index in [-0.39, 0.29) is 11.2 Å². The van der Waals surface area contributed by atoms with Crippen LogP contribution in [0.5, 0.6) is 5.88 Å². The molecule has 1 aromatic heterocycles. The smallest absolute Gasteiger partial charge is 0.215 e. The van der Waals surface area contributed by atoms with Crippen LogP contribution >= 0.6 is 0 Å². The van der Waals surface area contributed by atoms with Crippen LogP contribution in [0.1, 0.15) is 26.3 Å². The molecule has 0 N–H and O–H groups in total. The fourth-order valence-electron chi connectivity index (χ4n) is 1.08. The fourth-order valence-corrected chi connectivity index (χ4v) is 1.08. The van der Waals surface area contributed by atoms with Gasteiger partial charge in [-0.25, -0.2) is 9.37 Å². The van der Waals surface area contributed by atoms with E-state index < -0.39 is 0 Å². The average molecular weight is 183 g/mol. The maximum Gasteiger partial charge on any atom is 0.215 e. The van der Waals surface area contributed by atoms with Gasteiger partial charge in [0.2, 0.25) is 5.88 Å². The summed E-state index contributed by atoms with van der Waals surface area (Å²) in [4.78, 5) is 3.96. The van der Waals surface area contributed by atoms with E-state index in [1.54, 1.807) is 0 Å². The molecule has 72 valence electrons. The minimum atomic E-state index is -0.264. The van der Waals surface area contributed by atoms with Gasteiger partial charge in [-0.15, -0.1) is 0 Å². The zero-order chi connectivity index (χ0) is 10.1. The minimum Gasteiger partial charge on any atom is -0.481 e. The Balaban J connectivity index is 3.13. The predicted molar refractivity (Wildman–Crippen MR) is 49.4 cm³/mol. The lowest BCUT2D eigenvalue weighted by molar-refractivity contribution is 0.391. The first-order chi connectivity index (χ1) is 5.95. The molecule has 0 aliphatic rings. The van der Waals surface area contributed by atoms with Crippen molar-refractivity contribution >= 4 is 0 Å². The predicted octanol–water partition coefficient (Wildman–Crippen LogP) is 2.53. The van der Waals surface area contributed by atoms with E-state index in [1.807, 2.05) is 20.8 Å². The minimum absolute atomic E-state index is 0.219. The van der Waals surface area contributed by atoms with Crippen LogP contribution in [-0.4, -0.2) is 12.1 Å². The monoisotopic (exact) mass is 183 g/mol. The molecule has 0 atom stereocenters. The molecule has 0 fully saturated rings. The normalized spacial score (nSPS) is 11.5. The van der Waals surface area contributed by atoms with Crippen LogP contribution in [0.2, 0.25) is 0 Å². The van der Waals surface area contributed by atoms with Gasteiger partial charge < -0.3 is 4.74 Å². The maximum absolute atomic E-state index is 13.4. The van der Waals surface area contributed by atoms with E-state index in [4.69, 9.17) is 4.74 Å². The molecule has 1 aromatic rings. The Morgan fingerprint density at radius 1 is 1.38 bits per heavy atom. The number of aromatic nitrogens is 1. The number of hydrogen-bond donors (Lipinski definition) is 0. The summed E-state index contributed by atoms with van der Waals surface area (Å²) in [5, 5.41) is 0. The van der Waals surface area contributed by atoms with Crippen molar-refractivity contribution in [1.29, 1.82) is 0 Å². The molecule has 0 aliphatic heterocycles. The second kappa shape index (κ2) is 3.32. The molecule has 0 aliphatic carbocycles. The van der Waals surface area contributed by atoms with Gasteiger partial charge in [-0.1, -0.05) is 20.8 Å². The van der Waals surface area contributed by atoms with E-state index >= 15 is 0 Å². The fraction of sp³-hybridized carbons (Fsp3) is 0.500. The van der Waals surface area contributed by atoms with Gasteiger partial charge in [0.25, 0.3) is 0 Å². The van der Waals surface area contributed by atoms with Crippen molar-refractivity contribution in [3.05, 3.63) is 23.6 Å². The average Bonchev–Trinajstić information content (AvgIpc) is 2.01. The Labute approximate surface area is 77.8 Å². The molecule has 0 radical (unpaired) electrons. The highest BCUT2D eigenvalue weighted by molar-refractivity contribution is 5.25. The third-order valence-corrected chi connectivity index (χ3v) is 1.85. The molecule has 3 heteroatoms. The number of ether oxygens (including phenoxy) is 1. The zero-order valence-corrected chi connectivity index (χ0v) is 8.39. The SMILES string of the molecule is COc1cc(F)c(C(C)(C)C)cn1. The second-order valence-electron chi connectivity index (χ2n) is 3.96. The lowest BCUT2D eigenvalue weighted by Crippen LogP contribution is -2.14. The number of rotatable bonds is 1. The van der Waals surface area contributed by atoms with Gasteiger partial charge in [-0.05, 0) is 5.41 Å². The van der Waals surface area contributed by atoms with Gasteiger partial charge >= 0.3 is 0 Å². The van der Waals surface area contributed by atoms with Crippen LogP contribution in [0.15, 0.2) is 12.3 Å². The van der Waals surface area contributed by atoms with Crippen LogP contribution in [0.4, 0.5) is 4.39 Å². The van der Waals surface area contributed by atoms with Crippen LogP contribution in [0.25, 0.3) is 0 Å². The topological polar surface area (TPSA) is 22.1 Å². The van der Waals surface area contributed by atoms with Gasteiger partial charge in [0.1, 0.15) is 5.82 Å². The summed E-state index contributed by atoms with van der Waals surface area (Å²) in [6.07, 6.45) is 1.52. The van der Waals surface area contributed by atoms with E-state index in [0.717, 1.165) is 0 Å². The molecular weight excluding hydrogens is 169 g/mol. The maximum atomic E-state index is 13.4. The van der Waals surface area contributed by atoms with Gasteiger partial charge in [0.15, 0.2) is 0 Å². The number of methoxy groups -OCH3 is 1. The highest BCUT2D eigenvalue weighted by Crippen LogP contribution is 2.25. The summed E-state index contributed by atoms with van der Waals surface area (Å²) >= 11 is 0. The summed E-state index contributed by atoms with van der Waals surface area (Å²) in [7, 11) is 1.47. The highest BCUT2D eigenvalue weighted by Gasteiger charge is 2.19. The lowest BCUT2D eigenvalue weighted by atomic mass is 9.88. The Hall–Kier alpha value is -1.12. The first kappa shape index (κ1) is 9.96. The quantitative estimate of drug-likeness (QED) is 0.667. The summed E-state index contributed by atoms with van der Waals surface area (Å²) < 4.78 is 18.2. The first-order valence-corrected chi connectivity index (χ1v) is 4.15. The molecule has 0 unspecified atom stereocenters. The molecule has 0 saturated carbocycles. The van der Waals surface area contributed by atoms with Crippen molar-refractivity contribution in [3.8, 4) is 5.88 Å². The van der Waals surface area contributed by atoms with Crippen molar-refractivity contribution in [2.75, 3.05) is 7.11 Å². The van der Waals surface area contributed by atoms with Crippen LogP contribution in [0, 0.1) is 5.82 Å². The third-order valence-electron chi connectivity index (χ3n) is 1.85. The van der Waals surface area contributed by atoms with Crippen molar-refractivity contribution in [2.24, 2.45) is 0 Å². The Morgan fingerprint density at radius 3 is 2.38 bits per heavy atom. The van der Waals surface area contributed by atoms with Gasteiger partial charge in [0.05, 0.1) is 7.11 Å². The molecule has 1 rings (SSSR count). The molecule has 1 heterocycles. The zero-order valence-electron chi connectivity index (χ0n) is 8.39. The van der Waals surface area contributed by atoms with E-state index in [2.05, 4.69) is 4.98 Å². The standard InChI is InChI=1S/C10H14FNO/c1-10(2,3)7-6-12-9(13-4)5-8(7)11/h5-6H,1-4H3. The first-order valence-electron chi connectivity index (χ1n) is 4.15.